The summed E-state index contributed by atoms with van der Waals surface area (Å²) in [5.41, 5.74) is 0.791. The zero-order chi connectivity index (χ0) is 13.1. The Morgan fingerprint density at radius 2 is 2.00 bits per heavy atom. The van der Waals surface area contributed by atoms with Crippen LogP contribution in [0.5, 0.6) is 11.6 Å². The van der Waals surface area contributed by atoms with Gasteiger partial charge in [-0.05, 0) is 29.7 Å². The van der Waals surface area contributed by atoms with Crippen LogP contribution in [-0.4, -0.2) is 9.97 Å². The predicted octanol–water partition coefficient (Wildman–Crippen LogP) is 4.16. The highest BCUT2D eigenvalue weighted by Crippen LogP contribution is 2.28. The van der Waals surface area contributed by atoms with Gasteiger partial charge >= 0.3 is 0 Å². The van der Waals surface area contributed by atoms with Crippen molar-refractivity contribution in [2.45, 2.75) is 5.88 Å². The molecule has 0 radical (unpaired) electrons. The van der Waals surface area contributed by atoms with Gasteiger partial charge in [0.2, 0.25) is 5.88 Å². The van der Waals surface area contributed by atoms with E-state index in [4.69, 9.17) is 16.3 Å². The van der Waals surface area contributed by atoms with Gasteiger partial charge in [0.05, 0.1) is 17.8 Å². The summed E-state index contributed by atoms with van der Waals surface area (Å²) in [6.45, 7) is 0. The third-order valence-electron chi connectivity index (χ3n) is 2.74. The van der Waals surface area contributed by atoms with Crippen LogP contribution in [0, 0.1) is 0 Å². The Labute approximate surface area is 115 Å². The second-order valence-corrected chi connectivity index (χ2v) is 4.33. The van der Waals surface area contributed by atoms with Gasteiger partial charge in [-0.25, -0.2) is 4.98 Å². The van der Waals surface area contributed by atoms with Crippen LogP contribution in [-0.2, 0) is 5.88 Å². The Morgan fingerprint density at radius 1 is 1.11 bits per heavy atom. The van der Waals surface area contributed by atoms with E-state index in [1.54, 1.807) is 12.4 Å². The van der Waals surface area contributed by atoms with Gasteiger partial charge in [0.1, 0.15) is 5.75 Å². The summed E-state index contributed by atoms with van der Waals surface area (Å²) < 4.78 is 5.80. The van der Waals surface area contributed by atoms with Crippen LogP contribution >= 0.6 is 11.6 Å². The first kappa shape index (κ1) is 11.9. The average Bonchev–Trinajstić information content (AvgIpc) is 2.48. The molecule has 0 N–H and O–H groups in total. The van der Waals surface area contributed by atoms with Crippen molar-refractivity contribution in [1.29, 1.82) is 0 Å². The molecule has 3 nitrogen and oxygen atoms in total. The molecule has 4 heteroatoms. The van der Waals surface area contributed by atoms with E-state index < -0.39 is 0 Å². The number of nitrogens with zero attached hydrogens (tertiary/aromatic N) is 2. The molecule has 0 spiro atoms. The van der Waals surface area contributed by atoms with Crippen molar-refractivity contribution in [3.63, 3.8) is 0 Å². The lowest BCUT2D eigenvalue weighted by Gasteiger charge is -2.09. The first-order chi connectivity index (χ1) is 9.36. The fourth-order valence-electron chi connectivity index (χ4n) is 1.89. The summed E-state index contributed by atoms with van der Waals surface area (Å²) in [6.07, 6.45) is 3.36. The summed E-state index contributed by atoms with van der Waals surface area (Å²) in [5.74, 6) is 1.57. The number of benzene rings is 1. The molecule has 0 fully saturated rings. The molecule has 0 saturated heterocycles. The topological polar surface area (TPSA) is 35.0 Å². The molecule has 0 saturated carbocycles. The average molecular weight is 271 g/mol. The number of halogens is 1. The van der Waals surface area contributed by atoms with Gasteiger partial charge in [-0.1, -0.05) is 18.2 Å². The summed E-state index contributed by atoms with van der Waals surface area (Å²) in [4.78, 5) is 8.46. The third kappa shape index (κ3) is 2.51. The first-order valence-electron chi connectivity index (χ1n) is 5.89. The molecular weight excluding hydrogens is 260 g/mol. The highest BCUT2D eigenvalue weighted by atomic mass is 35.5. The quantitative estimate of drug-likeness (QED) is 0.670. The molecular formula is C15H11ClN2O. The minimum atomic E-state index is 0.355. The number of fused-ring (bicyclic) bond motifs is 1. The van der Waals surface area contributed by atoms with Gasteiger partial charge in [-0.2, -0.15) is 0 Å². The normalized spacial score (nSPS) is 10.6. The van der Waals surface area contributed by atoms with Crippen LogP contribution in [0.2, 0.25) is 0 Å². The van der Waals surface area contributed by atoms with Crippen LogP contribution in [0.1, 0.15) is 5.69 Å². The molecule has 0 amide bonds. The molecule has 0 unspecified atom stereocenters. The molecule has 0 aliphatic carbocycles. The van der Waals surface area contributed by atoms with Gasteiger partial charge in [0.25, 0.3) is 0 Å². The number of rotatable bonds is 3. The SMILES string of the molecule is ClCc1cc2ccccc2c(Oc2cccnc2)n1. The van der Waals surface area contributed by atoms with E-state index in [-0.39, 0.29) is 0 Å². The van der Waals surface area contributed by atoms with E-state index in [1.807, 2.05) is 42.5 Å². The smallest absolute Gasteiger partial charge is 0.227 e. The number of aromatic nitrogens is 2. The molecule has 0 atom stereocenters. The minimum absolute atomic E-state index is 0.355. The molecule has 2 aromatic heterocycles. The van der Waals surface area contributed by atoms with Crippen molar-refractivity contribution in [2.75, 3.05) is 0 Å². The van der Waals surface area contributed by atoms with Crippen molar-refractivity contribution in [1.82, 2.24) is 9.97 Å². The van der Waals surface area contributed by atoms with Crippen molar-refractivity contribution in [3.05, 3.63) is 60.6 Å². The number of hydrogen-bond acceptors (Lipinski definition) is 3. The van der Waals surface area contributed by atoms with E-state index >= 15 is 0 Å². The lowest BCUT2D eigenvalue weighted by atomic mass is 10.1. The third-order valence-corrected chi connectivity index (χ3v) is 3.02. The van der Waals surface area contributed by atoms with Crippen molar-refractivity contribution in [3.8, 4) is 11.6 Å². The van der Waals surface area contributed by atoms with Gasteiger partial charge in [0, 0.05) is 11.6 Å². The van der Waals surface area contributed by atoms with Crippen molar-refractivity contribution < 1.29 is 4.74 Å². The summed E-state index contributed by atoms with van der Waals surface area (Å²) in [6, 6.07) is 13.6. The van der Waals surface area contributed by atoms with Crippen LogP contribution in [0.3, 0.4) is 0 Å². The molecule has 0 bridgehead atoms. The van der Waals surface area contributed by atoms with Crippen LogP contribution < -0.4 is 4.74 Å². The lowest BCUT2D eigenvalue weighted by molar-refractivity contribution is 0.465. The number of alkyl halides is 1. The van der Waals surface area contributed by atoms with Gasteiger partial charge < -0.3 is 4.74 Å². The number of ether oxygens (including phenoxy) is 1. The first-order valence-corrected chi connectivity index (χ1v) is 6.43. The zero-order valence-corrected chi connectivity index (χ0v) is 10.8. The van der Waals surface area contributed by atoms with E-state index in [1.165, 1.54) is 0 Å². The molecule has 0 aliphatic heterocycles. The van der Waals surface area contributed by atoms with Gasteiger partial charge in [-0.3, -0.25) is 4.98 Å². The maximum absolute atomic E-state index is 5.87. The largest absolute Gasteiger partial charge is 0.437 e. The Bertz CT molecular complexity index is 701. The van der Waals surface area contributed by atoms with E-state index in [2.05, 4.69) is 9.97 Å². The molecule has 3 rings (SSSR count). The molecule has 19 heavy (non-hydrogen) atoms. The van der Waals surface area contributed by atoms with Crippen molar-refractivity contribution >= 4 is 22.4 Å². The molecule has 0 aliphatic rings. The second kappa shape index (κ2) is 5.24. The summed E-state index contributed by atoms with van der Waals surface area (Å²) >= 11 is 5.87. The van der Waals surface area contributed by atoms with Crippen LogP contribution in [0.25, 0.3) is 10.8 Å². The van der Waals surface area contributed by atoms with E-state index in [0.717, 1.165) is 16.5 Å². The Hall–Kier alpha value is -2.13. The Morgan fingerprint density at radius 3 is 2.79 bits per heavy atom. The van der Waals surface area contributed by atoms with Gasteiger partial charge in [-0.15, -0.1) is 11.6 Å². The van der Waals surface area contributed by atoms with Crippen LogP contribution in [0.15, 0.2) is 54.9 Å². The maximum Gasteiger partial charge on any atom is 0.227 e. The monoisotopic (exact) mass is 270 g/mol. The molecule has 2 heterocycles. The fraction of sp³-hybridized carbons (Fsp3) is 0.0667. The second-order valence-electron chi connectivity index (χ2n) is 4.06. The molecule has 94 valence electrons. The summed E-state index contributed by atoms with van der Waals surface area (Å²) in [5, 5.41) is 2.02. The molecule has 3 aromatic rings. The number of pyridine rings is 2. The standard InChI is InChI=1S/C15H11ClN2O/c16-9-12-8-11-4-1-2-6-14(11)15(18-12)19-13-5-3-7-17-10-13/h1-8,10H,9H2. The van der Waals surface area contributed by atoms with Gasteiger partial charge in [0.15, 0.2) is 0 Å². The highest BCUT2D eigenvalue weighted by molar-refractivity contribution is 6.17. The highest BCUT2D eigenvalue weighted by Gasteiger charge is 2.07. The summed E-state index contributed by atoms with van der Waals surface area (Å²) in [7, 11) is 0. The van der Waals surface area contributed by atoms with E-state index in [0.29, 0.717) is 17.5 Å². The predicted molar refractivity (Wildman–Crippen MR) is 75.6 cm³/mol. The Balaban J connectivity index is 2.11. The fourth-order valence-corrected chi connectivity index (χ4v) is 2.02. The maximum atomic E-state index is 5.87. The minimum Gasteiger partial charge on any atom is -0.437 e. The zero-order valence-electron chi connectivity index (χ0n) is 10.1. The van der Waals surface area contributed by atoms with Crippen LogP contribution in [0.4, 0.5) is 0 Å². The molecule has 1 aromatic carbocycles. The van der Waals surface area contributed by atoms with Crippen molar-refractivity contribution in [2.24, 2.45) is 0 Å². The lowest BCUT2D eigenvalue weighted by Crippen LogP contribution is -1.93. The Kier molecular flexibility index (Phi) is 3.29. The van der Waals surface area contributed by atoms with E-state index in [9.17, 15) is 0 Å². The number of hydrogen-bond donors (Lipinski definition) is 0.